The molecule has 20 heavy (non-hydrogen) atoms. The topological polar surface area (TPSA) is 104 Å². The third-order valence-corrected chi connectivity index (χ3v) is 4.57. The Kier molecular flexibility index (Phi) is 3.63. The fourth-order valence-electron chi connectivity index (χ4n) is 2.78. The number of fused-ring (bicyclic) bond motifs is 1. The molecule has 0 radical (unpaired) electrons. The number of hydrogen-bond donors (Lipinski definition) is 3. The first-order chi connectivity index (χ1) is 9.67. The second kappa shape index (κ2) is 5.28. The van der Waals surface area contributed by atoms with Crippen LogP contribution in [0.1, 0.15) is 12.5 Å². The van der Waals surface area contributed by atoms with Gasteiger partial charge in [-0.05, 0) is 12.7 Å². The van der Waals surface area contributed by atoms with Crippen molar-refractivity contribution in [2.24, 2.45) is 5.92 Å². The van der Waals surface area contributed by atoms with Crippen molar-refractivity contribution in [2.75, 3.05) is 12.9 Å². The van der Waals surface area contributed by atoms with Gasteiger partial charge in [-0.1, -0.05) is 0 Å². The zero-order valence-electron chi connectivity index (χ0n) is 10.9. The summed E-state index contributed by atoms with van der Waals surface area (Å²) >= 11 is 1.48. The lowest BCUT2D eigenvalue weighted by Crippen LogP contribution is -2.30. The maximum Gasteiger partial charge on any atom is 0.164 e. The van der Waals surface area contributed by atoms with E-state index >= 15 is 0 Å². The van der Waals surface area contributed by atoms with E-state index in [1.54, 1.807) is 10.9 Å². The molecule has 3 N–H and O–H groups in total. The number of imidazole rings is 1. The zero-order valence-corrected chi connectivity index (χ0v) is 11.7. The van der Waals surface area contributed by atoms with Crippen molar-refractivity contribution in [2.45, 2.75) is 29.7 Å². The molecule has 0 saturated heterocycles. The monoisotopic (exact) mass is 296 g/mol. The van der Waals surface area contributed by atoms with Crippen LogP contribution >= 0.6 is 11.8 Å². The largest absolute Gasteiger partial charge is 0.396 e. The molecule has 4 unspecified atom stereocenters. The predicted molar refractivity (Wildman–Crippen MR) is 73.3 cm³/mol. The Morgan fingerprint density at radius 2 is 2.10 bits per heavy atom. The molecular formula is C12H16N4O3S. The average molecular weight is 296 g/mol. The van der Waals surface area contributed by atoms with E-state index in [9.17, 15) is 15.3 Å². The van der Waals surface area contributed by atoms with Crippen LogP contribution in [0.4, 0.5) is 0 Å². The van der Waals surface area contributed by atoms with E-state index in [1.165, 1.54) is 18.1 Å². The summed E-state index contributed by atoms with van der Waals surface area (Å²) in [5.74, 6) is -0.325. The molecule has 2 aromatic rings. The van der Waals surface area contributed by atoms with Gasteiger partial charge in [-0.15, -0.1) is 11.8 Å². The summed E-state index contributed by atoms with van der Waals surface area (Å²) in [6.45, 7) is -0.146. The predicted octanol–water partition coefficient (Wildman–Crippen LogP) is -0.177. The summed E-state index contributed by atoms with van der Waals surface area (Å²) in [6, 6.07) is -0.336. The molecule has 0 spiro atoms. The minimum Gasteiger partial charge on any atom is -0.396 e. The highest BCUT2D eigenvalue weighted by Crippen LogP contribution is 2.37. The SMILES string of the molecule is CSc1ncnc2c1ncn2C1CC(CO)C(O)C1O. The maximum absolute atomic E-state index is 10.2. The molecule has 1 aliphatic rings. The summed E-state index contributed by atoms with van der Waals surface area (Å²) in [5.41, 5.74) is 1.33. The van der Waals surface area contributed by atoms with E-state index in [-0.39, 0.29) is 18.6 Å². The van der Waals surface area contributed by atoms with Gasteiger partial charge in [-0.2, -0.15) is 0 Å². The van der Waals surface area contributed by atoms with E-state index in [0.717, 1.165) is 5.03 Å². The molecule has 2 heterocycles. The first kappa shape index (κ1) is 13.7. The number of nitrogens with zero attached hydrogens (tertiary/aromatic N) is 4. The standard InChI is InChI=1S/C12H16N4O3S/c1-20-12-8-11(13-4-14-12)16(5-15-8)7-2-6(3-17)9(18)10(7)19/h4-7,9-10,17-19H,2-3H2,1H3. The van der Waals surface area contributed by atoms with Crippen LogP contribution in [-0.2, 0) is 0 Å². The van der Waals surface area contributed by atoms with E-state index in [0.29, 0.717) is 17.6 Å². The number of aromatic nitrogens is 4. The van der Waals surface area contributed by atoms with Gasteiger partial charge in [0.2, 0.25) is 0 Å². The van der Waals surface area contributed by atoms with Crippen LogP contribution in [0.25, 0.3) is 11.2 Å². The van der Waals surface area contributed by atoms with Gasteiger partial charge in [0.25, 0.3) is 0 Å². The third kappa shape index (κ3) is 1.99. The highest BCUT2D eigenvalue weighted by molar-refractivity contribution is 7.98. The fraction of sp³-hybridized carbons (Fsp3) is 0.583. The molecule has 1 fully saturated rings. The Morgan fingerprint density at radius 3 is 2.75 bits per heavy atom. The van der Waals surface area contributed by atoms with Crippen LogP contribution in [0.3, 0.4) is 0 Å². The molecule has 7 nitrogen and oxygen atoms in total. The highest BCUT2D eigenvalue weighted by atomic mass is 32.2. The smallest absolute Gasteiger partial charge is 0.164 e. The Balaban J connectivity index is 2.03. The number of hydrogen-bond acceptors (Lipinski definition) is 7. The summed E-state index contributed by atoms with van der Waals surface area (Å²) < 4.78 is 1.76. The van der Waals surface area contributed by atoms with Crippen molar-refractivity contribution in [3.63, 3.8) is 0 Å². The quantitative estimate of drug-likeness (QED) is 0.533. The lowest BCUT2D eigenvalue weighted by atomic mass is 10.1. The van der Waals surface area contributed by atoms with Crippen LogP contribution in [0.2, 0.25) is 0 Å². The van der Waals surface area contributed by atoms with E-state index in [1.807, 2.05) is 6.26 Å². The molecule has 8 heteroatoms. The van der Waals surface area contributed by atoms with Gasteiger partial charge in [-0.3, -0.25) is 0 Å². The second-order valence-electron chi connectivity index (χ2n) is 4.93. The fourth-order valence-corrected chi connectivity index (χ4v) is 3.27. The van der Waals surface area contributed by atoms with E-state index < -0.39 is 12.2 Å². The molecule has 0 bridgehead atoms. The first-order valence-corrected chi connectivity index (χ1v) is 7.58. The van der Waals surface area contributed by atoms with Crippen molar-refractivity contribution in [3.8, 4) is 0 Å². The lowest BCUT2D eigenvalue weighted by Gasteiger charge is -2.18. The number of rotatable bonds is 3. The second-order valence-corrected chi connectivity index (χ2v) is 5.73. The van der Waals surface area contributed by atoms with Gasteiger partial charge in [-0.25, -0.2) is 15.0 Å². The lowest BCUT2D eigenvalue weighted by molar-refractivity contribution is -0.00370. The van der Waals surface area contributed by atoms with Crippen LogP contribution in [0, 0.1) is 5.92 Å². The molecule has 0 aromatic carbocycles. The Morgan fingerprint density at radius 1 is 1.30 bits per heavy atom. The molecule has 1 aliphatic carbocycles. The zero-order chi connectivity index (χ0) is 14.3. The van der Waals surface area contributed by atoms with E-state index in [2.05, 4.69) is 15.0 Å². The summed E-state index contributed by atoms with van der Waals surface area (Å²) in [6.07, 6.45) is 3.62. The highest BCUT2D eigenvalue weighted by Gasteiger charge is 2.42. The van der Waals surface area contributed by atoms with Gasteiger partial charge >= 0.3 is 0 Å². The van der Waals surface area contributed by atoms with Gasteiger partial charge in [0.15, 0.2) is 5.65 Å². The Labute approximate surface area is 119 Å². The Bertz CT molecular complexity index is 620. The minimum absolute atomic E-state index is 0.146. The van der Waals surface area contributed by atoms with Crippen LogP contribution in [0.5, 0.6) is 0 Å². The minimum atomic E-state index is -0.933. The molecule has 2 aromatic heterocycles. The Hall–Kier alpha value is -1.22. The van der Waals surface area contributed by atoms with Crippen LogP contribution in [-0.4, -0.2) is 59.9 Å². The van der Waals surface area contributed by atoms with Crippen molar-refractivity contribution in [3.05, 3.63) is 12.7 Å². The van der Waals surface area contributed by atoms with Crippen molar-refractivity contribution in [1.82, 2.24) is 19.5 Å². The van der Waals surface area contributed by atoms with Gasteiger partial charge in [0.1, 0.15) is 23.0 Å². The third-order valence-electron chi connectivity index (χ3n) is 3.88. The van der Waals surface area contributed by atoms with Crippen molar-refractivity contribution in [1.29, 1.82) is 0 Å². The van der Waals surface area contributed by atoms with Crippen LogP contribution < -0.4 is 0 Å². The number of thioether (sulfide) groups is 1. The van der Waals surface area contributed by atoms with Gasteiger partial charge < -0.3 is 19.9 Å². The summed E-state index contributed by atoms with van der Waals surface area (Å²) in [7, 11) is 0. The number of aliphatic hydroxyl groups excluding tert-OH is 3. The molecule has 3 rings (SSSR count). The summed E-state index contributed by atoms with van der Waals surface area (Å²) in [5, 5.41) is 30.1. The normalized spacial score (nSPS) is 30.2. The summed E-state index contributed by atoms with van der Waals surface area (Å²) in [4.78, 5) is 12.7. The average Bonchev–Trinajstić information content (AvgIpc) is 3.01. The maximum atomic E-state index is 10.2. The van der Waals surface area contributed by atoms with Crippen LogP contribution in [0.15, 0.2) is 17.7 Å². The van der Waals surface area contributed by atoms with Gasteiger partial charge in [0, 0.05) is 12.5 Å². The molecule has 0 aliphatic heterocycles. The van der Waals surface area contributed by atoms with E-state index in [4.69, 9.17) is 0 Å². The van der Waals surface area contributed by atoms with Gasteiger partial charge in [0.05, 0.1) is 18.5 Å². The number of aliphatic hydroxyl groups is 3. The molecule has 108 valence electrons. The van der Waals surface area contributed by atoms with Crippen molar-refractivity contribution >= 4 is 22.9 Å². The molecular weight excluding hydrogens is 280 g/mol. The molecule has 4 atom stereocenters. The van der Waals surface area contributed by atoms with Crippen molar-refractivity contribution < 1.29 is 15.3 Å². The molecule has 1 saturated carbocycles. The first-order valence-electron chi connectivity index (χ1n) is 6.36. The molecule has 0 amide bonds.